The van der Waals surface area contributed by atoms with Crippen LogP contribution in [0.3, 0.4) is 0 Å². The third-order valence-corrected chi connectivity index (χ3v) is 3.41. The molecule has 0 aromatic rings. The number of nitrogens with two attached hydrogens (primary N) is 1. The van der Waals surface area contributed by atoms with Crippen LogP contribution < -0.4 is 5.73 Å². The Morgan fingerprint density at radius 1 is 1.37 bits per heavy atom. The van der Waals surface area contributed by atoms with E-state index < -0.39 is 5.60 Å². The van der Waals surface area contributed by atoms with Crippen molar-refractivity contribution < 1.29 is 9.53 Å². The molecule has 112 valence electrons. The van der Waals surface area contributed by atoms with Gasteiger partial charge in [-0.05, 0) is 40.5 Å². The molecule has 1 saturated heterocycles. The van der Waals surface area contributed by atoms with E-state index in [0.717, 1.165) is 32.5 Å². The maximum Gasteiger partial charge on any atom is 0.410 e. The van der Waals surface area contributed by atoms with E-state index in [2.05, 4.69) is 4.90 Å². The zero-order valence-electron chi connectivity index (χ0n) is 12.8. The molecule has 0 radical (unpaired) electrons. The lowest BCUT2D eigenvalue weighted by Crippen LogP contribution is -2.49. The smallest absolute Gasteiger partial charge is 0.410 e. The van der Waals surface area contributed by atoms with E-state index >= 15 is 0 Å². The number of carbonyl (C=O) groups excluding carboxylic acids is 1. The molecular weight excluding hydrogens is 242 g/mol. The summed E-state index contributed by atoms with van der Waals surface area (Å²) >= 11 is 0. The van der Waals surface area contributed by atoms with Crippen LogP contribution in [-0.4, -0.2) is 60.3 Å². The van der Waals surface area contributed by atoms with E-state index in [0.29, 0.717) is 19.1 Å². The largest absolute Gasteiger partial charge is 0.444 e. The molecule has 0 atom stereocenters. The fourth-order valence-corrected chi connectivity index (χ4v) is 2.49. The summed E-state index contributed by atoms with van der Waals surface area (Å²) in [6.45, 7) is 12.1. The summed E-state index contributed by atoms with van der Waals surface area (Å²) in [6, 6.07) is 0.300. The molecule has 1 amide bonds. The molecule has 1 fully saturated rings. The summed E-state index contributed by atoms with van der Waals surface area (Å²) in [5.41, 5.74) is 5.15. The van der Waals surface area contributed by atoms with Gasteiger partial charge < -0.3 is 20.3 Å². The van der Waals surface area contributed by atoms with Gasteiger partial charge in [0.2, 0.25) is 0 Å². The Balaban J connectivity index is 2.50. The van der Waals surface area contributed by atoms with Crippen molar-refractivity contribution in [1.82, 2.24) is 9.80 Å². The van der Waals surface area contributed by atoms with Crippen LogP contribution in [0.4, 0.5) is 4.79 Å². The minimum Gasteiger partial charge on any atom is -0.444 e. The maximum atomic E-state index is 12.2. The standard InChI is InChI=1S/C14H29N3O2/c1-5-17(13(18)19-14(2,3)4)12-6-9-16(10-7-12)11-8-15/h12H,5-11,15H2,1-4H3. The molecule has 0 bridgehead atoms. The van der Waals surface area contributed by atoms with Gasteiger partial charge in [0, 0.05) is 38.8 Å². The molecule has 5 heteroatoms. The fraction of sp³-hybridized carbons (Fsp3) is 0.929. The highest BCUT2D eigenvalue weighted by molar-refractivity contribution is 5.68. The number of ether oxygens (including phenoxy) is 1. The lowest BCUT2D eigenvalue weighted by Gasteiger charge is -2.38. The molecule has 0 aromatic heterocycles. The summed E-state index contributed by atoms with van der Waals surface area (Å²) in [7, 11) is 0. The van der Waals surface area contributed by atoms with Crippen molar-refractivity contribution in [3.8, 4) is 0 Å². The minimum atomic E-state index is -0.426. The first-order valence-electron chi connectivity index (χ1n) is 7.29. The molecule has 5 nitrogen and oxygen atoms in total. The number of nitrogens with zero attached hydrogens (tertiary/aromatic N) is 2. The van der Waals surface area contributed by atoms with Gasteiger partial charge in [0.15, 0.2) is 0 Å². The Labute approximate surface area is 117 Å². The Kier molecular flexibility index (Phi) is 6.07. The molecule has 0 unspecified atom stereocenters. The normalized spacial score (nSPS) is 18.4. The van der Waals surface area contributed by atoms with Crippen LogP contribution in [-0.2, 0) is 4.74 Å². The number of amides is 1. The topological polar surface area (TPSA) is 58.8 Å². The molecule has 0 aliphatic carbocycles. The van der Waals surface area contributed by atoms with Crippen molar-refractivity contribution >= 4 is 6.09 Å². The van der Waals surface area contributed by atoms with Crippen LogP contribution in [0.5, 0.6) is 0 Å². The molecular formula is C14H29N3O2. The van der Waals surface area contributed by atoms with Crippen molar-refractivity contribution in [2.24, 2.45) is 5.73 Å². The summed E-state index contributed by atoms with van der Waals surface area (Å²) in [5, 5.41) is 0. The summed E-state index contributed by atoms with van der Waals surface area (Å²) in [6.07, 6.45) is 1.83. The van der Waals surface area contributed by atoms with Crippen molar-refractivity contribution in [2.75, 3.05) is 32.7 Å². The maximum absolute atomic E-state index is 12.2. The van der Waals surface area contributed by atoms with Crippen LogP contribution >= 0.6 is 0 Å². The van der Waals surface area contributed by atoms with Crippen LogP contribution in [0, 0.1) is 0 Å². The second-order valence-corrected chi connectivity index (χ2v) is 6.13. The minimum absolute atomic E-state index is 0.188. The Morgan fingerprint density at radius 2 is 1.95 bits per heavy atom. The van der Waals surface area contributed by atoms with Crippen LogP contribution in [0.2, 0.25) is 0 Å². The predicted molar refractivity (Wildman–Crippen MR) is 77.1 cm³/mol. The number of hydrogen-bond acceptors (Lipinski definition) is 4. The molecule has 2 N–H and O–H groups in total. The first kappa shape index (κ1) is 16.2. The first-order chi connectivity index (χ1) is 8.87. The molecule has 0 saturated carbocycles. The van der Waals surface area contributed by atoms with Crippen molar-refractivity contribution in [1.29, 1.82) is 0 Å². The van der Waals surface area contributed by atoms with E-state index in [1.54, 1.807) is 0 Å². The third kappa shape index (κ3) is 5.37. The lowest BCUT2D eigenvalue weighted by atomic mass is 10.0. The van der Waals surface area contributed by atoms with Gasteiger partial charge in [0.1, 0.15) is 5.60 Å². The van der Waals surface area contributed by atoms with E-state index in [4.69, 9.17) is 10.5 Å². The van der Waals surface area contributed by atoms with Gasteiger partial charge in [0.25, 0.3) is 0 Å². The highest BCUT2D eigenvalue weighted by Crippen LogP contribution is 2.19. The molecule has 19 heavy (non-hydrogen) atoms. The van der Waals surface area contributed by atoms with Gasteiger partial charge in [-0.15, -0.1) is 0 Å². The van der Waals surface area contributed by atoms with Crippen LogP contribution in [0.15, 0.2) is 0 Å². The summed E-state index contributed by atoms with van der Waals surface area (Å²) < 4.78 is 5.47. The molecule has 1 rings (SSSR count). The monoisotopic (exact) mass is 271 g/mol. The second kappa shape index (κ2) is 7.10. The molecule has 1 aliphatic rings. The molecule has 0 spiro atoms. The van der Waals surface area contributed by atoms with Gasteiger partial charge in [-0.25, -0.2) is 4.79 Å². The van der Waals surface area contributed by atoms with E-state index in [1.165, 1.54) is 0 Å². The van der Waals surface area contributed by atoms with Crippen molar-refractivity contribution in [2.45, 2.75) is 52.2 Å². The number of hydrogen-bond donors (Lipinski definition) is 1. The molecule has 1 aliphatic heterocycles. The van der Waals surface area contributed by atoms with Gasteiger partial charge in [-0.2, -0.15) is 0 Å². The van der Waals surface area contributed by atoms with Crippen molar-refractivity contribution in [3.63, 3.8) is 0 Å². The fourth-order valence-electron chi connectivity index (χ4n) is 2.49. The second-order valence-electron chi connectivity index (χ2n) is 6.13. The SMILES string of the molecule is CCN(C(=O)OC(C)(C)C)C1CCN(CCN)CC1. The number of piperidine rings is 1. The van der Waals surface area contributed by atoms with E-state index in [1.807, 2.05) is 32.6 Å². The predicted octanol–water partition coefficient (Wildman–Crippen LogP) is 1.67. The van der Waals surface area contributed by atoms with E-state index in [-0.39, 0.29) is 6.09 Å². The molecule has 1 heterocycles. The quantitative estimate of drug-likeness (QED) is 0.845. The van der Waals surface area contributed by atoms with Gasteiger partial charge in [-0.3, -0.25) is 0 Å². The van der Waals surface area contributed by atoms with Crippen LogP contribution in [0.1, 0.15) is 40.5 Å². The van der Waals surface area contributed by atoms with Gasteiger partial charge >= 0.3 is 6.09 Å². The highest BCUT2D eigenvalue weighted by atomic mass is 16.6. The molecule has 0 aromatic carbocycles. The average Bonchev–Trinajstić information content (AvgIpc) is 2.30. The number of rotatable bonds is 4. The Bertz CT molecular complexity index is 281. The van der Waals surface area contributed by atoms with E-state index in [9.17, 15) is 4.79 Å². The number of likely N-dealkylation sites (tertiary alicyclic amines) is 1. The lowest BCUT2D eigenvalue weighted by molar-refractivity contribution is 0.00978. The Hall–Kier alpha value is -0.810. The van der Waals surface area contributed by atoms with Gasteiger partial charge in [0.05, 0.1) is 0 Å². The summed E-state index contributed by atoms with van der Waals surface area (Å²) in [4.78, 5) is 16.4. The zero-order valence-corrected chi connectivity index (χ0v) is 12.8. The van der Waals surface area contributed by atoms with Gasteiger partial charge in [-0.1, -0.05) is 0 Å². The Morgan fingerprint density at radius 3 is 2.37 bits per heavy atom. The third-order valence-electron chi connectivity index (χ3n) is 3.41. The van der Waals surface area contributed by atoms with Crippen LogP contribution in [0.25, 0.3) is 0 Å². The first-order valence-corrected chi connectivity index (χ1v) is 7.29. The summed E-state index contributed by atoms with van der Waals surface area (Å²) in [5.74, 6) is 0. The van der Waals surface area contributed by atoms with Crippen molar-refractivity contribution in [3.05, 3.63) is 0 Å². The highest BCUT2D eigenvalue weighted by Gasteiger charge is 2.29. The zero-order chi connectivity index (χ0) is 14.5. The number of carbonyl (C=O) groups is 1. The average molecular weight is 271 g/mol.